The average molecular weight is 325 g/mol. The molecule has 1 aromatic rings. The maximum Gasteiger partial charge on any atom is 0.118 e. The molecule has 1 saturated carbocycles. The van der Waals surface area contributed by atoms with Gasteiger partial charge in [0.05, 0.1) is 7.11 Å². The number of hydrogen-bond acceptors (Lipinski definition) is 1. The predicted molar refractivity (Wildman–Crippen MR) is 85.2 cm³/mol. The molecular weight excluding hydrogens is 300 g/mol. The summed E-state index contributed by atoms with van der Waals surface area (Å²) in [6.07, 6.45) is 10.9. The largest absolute Gasteiger partial charge is 0.497 e. The van der Waals surface area contributed by atoms with E-state index >= 15 is 0 Å². The lowest BCUT2D eigenvalue weighted by molar-refractivity contribution is 0.338. The molecule has 0 spiro atoms. The summed E-state index contributed by atoms with van der Waals surface area (Å²) in [4.78, 5) is 0.794. The number of methoxy groups -OCH3 is 1. The van der Waals surface area contributed by atoms with Gasteiger partial charge in [-0.2, -0.15) is 0 Å². The Labute approximate surface area is 125 Å². The third-order valence-corrected chi connectivity index (χ3v) is 5.18. The second-order valence-electron chi connectivity index (χ2n) is 5.71. The van der Waals surface area contributed by atoms with Crippen molar-refractivity contribution in [2.24, 2.45) is 5.92 Å². The molecule has 0 aliphatic heterocycles. The van der Waals surface area contributed by atoms with Gasteiger partial charge in [0, 0.05) is 4.83 Å². The molecule has 2 heteroatoms. The van der Waals surface area contributed by atoms with E-state index in [1.165, 1.54) is 56.9 Å². The lowest BCUT2D eigenvalue weighted by Crippen LogP contribution is -2.13. The first-order valence-electron chi connectivity index (χ1n) is 7.55. The van der Waals surface area contributed by atoms with E-state index in [1.807, 2.05) is 0 Å². The van der Waals surface area contributed by atoms with E-state index in [4.69, 9.17) is 4.74 Å². The highest BCUT2D eigenvalue weighted by atomic mass is 79.9. The number of hydrogen-bond donors (Lipinski definition) is 0. The quantitative estimate of drug-likeness (QED) is 0.505. The van der Waals surface area contributed by atoms with Crippen molar-refractivity contribution in [3.05, 3.63) is 29.8 Å². The van der Waals surface area contributed by atoms with Crippen LogP contribution in [0.3, 0.4) is 0 Å². The highest BCUT2D eigenvalue weighted by Crippen LogP contribution is 2.31. The molecule has 1 aromatic carbocycles. The van der Waals surface area contributed by atoms with Crippen molar-refractivity contribution in [2.75, 3.05) is 7.11 Å². The van der Waals surface area contributed by atoms with Crippen LogP contribution in [0.4, 0.5) is 0 Å². The van der Waals surface area contributed by atoms with Crippen LogP contribution in [-0.4, -0.2) is 11.9 Å². The molecule has 1 fully saturated rings. The predicted octanol–water partition coefficient (Wildman–Crippen LogP) is 5.36. The number of ether oxygens (including phenoxy) is 1. The first-order valence-corrected chi connectivity index (χ1v) is 8.46. The van der Waals surface area contributed by atoms with Crippen LogP contribution in [0.2, 0.25) is 0 Å². The summed E-state index contributed by atoms with van der Waals surface area (Å²) in [6.45, 7) is 0. The fraction of sp³-hybridized carbons (Fsp3) is 0.647. The lowest BCUT2D eigenvalue weighted by Gasteiger charge is -2.25. The van der Waals surface area contributed by atoms with Crippen LogP contribution >= 0.6 is 15.9 Å². The van der Waals surface area contributed by atoms with Gasteiger partial charge < -0.3 is 4.74 Å². The SMILES string of the molecule is COc1ccc(CCCCC2CCC(Br)CC2)cc1. The minimum Gasteiger partial charge on any atom is -0.497 e. The summed E-state index contributed by atoms with van der Waals surface area (Å²) >= 11 is 3.73. The Bertz CT molecular complexity index is 352. The average Bonchev–Trinajstić information content (AvgIpc) is 2.46. The van der Waals surface area contributed by atoms with Crippen LogP contribution in [0.15, 0.2) is 24.3 Å². The third-order valence-electron chi connectivity index (χ3n) is 4.26. The van der Waals surface area contributed by atoms with Gasteiger partial charge in [-0.3, -0.25) is 0 Å². The van der Waals surface area contributed by atoms with Gasteiger partial charge in [0.25, 0.3) is 0 Å². The zero-order valence-electron chi connectivity index (χ0n) is 11.9. The summed E-state index contributed by atoms with van der Waals surface area (Å²) in [5, 5.41) is 0. The van der Waals surface area contributed by atoms with Crippen molar-refractivity contribution in [3.8, 4) is 5.75 Å². The Balaban J connectivity index is 1.61. The molecule has 0 heterocycles. The molecule has 0 saturated heterocycles. The number of halogens is 1. The number of aryl methyl sites for hydroxylation is 1. The molecule has 0 bridgehead atoms. The number of unbranched alkanes of at least 4 members (excludes halogenated alkanes) is 1. The molecule has 0 N–H and O–H groups in total. The fourth-order valence-corrected chi connectivity index (χ4v) is 3.49. The maximum absolute atomic E-state index is 5.18. The van der Waals surface area contributed by atoms with E-state index in [1.54, 1.807) is 7.11 Å². The Hall–Kier alpha value is -0.500. The van der Waals surface area contributed by atoms with Crippen LogP contribution in [0.5, 0.6) is 5.75 Å². The monoisotopic (exact) mass is 324 g/mol. The van der Waals surface area contributed by atoms with Gasteiger partial charge in [0.1, 0.15) is 5.75 Å². The van der Waals surface area contributed by atoms with Gasteiger partial charge in [-0.05, 0) is 62.1 Å². The van der Waals surface area contributed by atoms with E-state index in [9.17, 15) is 0 Å². The molecule has 106 valence electrons. The van der Waals surface area contributed by atoms with Crippen molar-refractivity contribution in [1.29, 1.82) is 0 Å². The minimum atomic E-state index is 0.794. The lowest BCUT2D eigenvalue weighted by atomic mass is 9.85. The van der Waals surface area contributed by atoms with Gasteiger partial charge in [-0.25, -0.2) is 0 Å². The molecular formula is C17H25BrO. The number of rotatable bonds is 6. The molecule has 2 rings (SSSR count). The van der Waals surface area contributed by atoms with Crippen molar-refractivity contribution in [2.45, 2.75) is 56.2 Å². The number of alkyl halides is 1. The Morgan fingerprint density at radius 2 is 1.74 bits per heavy atom. The summed E-state index contributed by atoms with van der Waals surface area (Å²) in [5.41, 5.74) is 1.44. The Morgan fingerprint density at radius 1 is 1.05 bits per heavy atom. The smallest absolute Gasteiger partial charge is 0.118 e. The van der Waals surface area contributed by atoms with Crippen LogP contribution in [-0.2, 0) is 6.42 Å². The standard InChI is InChI=1S/C17H25BrO/c1-19-17-12-8-15(9-13-17)5-3-2-4-14-6-10-16(18)11-7-14/h8-9,12-14,16H,2-7,10-11H2,1H3. The van der Waals surface area contributed by atoms with E-state index < -0.39 is 0 Å². The molecule has 0 radical (unpaired) electrons. The molecule has 1 nitrogen and oxygen atoms in total. The normalized spacial score (nSPS) is 23.3. The second kappa shape index (κ2) is 7.94. The molecule has 0 unspecified atom stereocenters. The Kier molecular flexibility index (Phi) is 6.22. The molecule has 0 amide bonds. The first kappa shape index (κ1) is 14.9. The van der Waals surface area contributed by atoms with Crippen LogP contribution < -0.4 is 4.74 Å². The first-order chi connectivity index (χ1) is 9.28. The van der Waals surface area contributed by atoms with E-state index in [2.05, 4.69) is 40.2 Å². The zero-order chi connectivity index (χ0) is 13.5. The second-order valence-corrected chi connectivity index (χ2v) is 7.01. The molecule has 0 atom stereocenters. The highest BCUT2D eigenvalue weighted by Gasteiger charge is 2.18. The molecule has 1 aliphatic carbocycles. The number of benzene rings is 1. The van der Waals surface area contributed by atoms with Crippen LogP contribution in [0.1, 0.15) is 50.5 Å². The summed E-state index contributed by atoms with van der Waals surface area (Å²) in [7, 11) is 1.72. The maximum atomic E-state index is 5.18. The summed E-state index contributed by atoms with van der Waals surface area (Å²) in [6, 6.07) is 8.50. The van der Waals surface area contributed by atoms with Crippen molar-refractivity contribution >= 4 is 15.9 Å². The minimum absolute atomic E-state index is 0.794. The third kappa shape index (κ3) is 5.18. The van der Waals surface area contributed by atoms with Gasteiger partial charge in [-0.1, -0.05) is 40.9 Å². The zero-order valence-corrected chi connectivity index (χ0v) is 13.5. The van der Waals surface area contributed by atoms with E-state index in [0.717, 1.165) is 16.5 Å². The summed E-state index contributed by atoms with van der Waals surface area (Å²) in [5.74, 6) is 1.94. The van der Waals surface area contributed by atoms with E-state index in [0.29, 0.717) is 0 Å². The Morgan fingerprint density at radius 3 is 2.37 bits per heavy atom. The molecule has 0 aromatic heterocycles. The van der Waals surface area contributed by atoms with Gasteiger partial charge in [0.15, 0.2) is 0 Å². The topological polar surface area (TPSA) is 9.23 Å². The van der Waals surface area contributed by atoms with Crippen LogP contribution in [0, 0.1) is 5.92 Å². The van der Waals surface area contributed by atoms with Crippen LogP contribution in [0.25, 0.3) is 0 Å². The van der Waals surface area contributed by atoms with Crippen molar-refractivity contribution < 1.29 is 4.74 Å². The van der Waals surface area contributed by atoms with Gasteiger partial charge in [0.2, 0.25) is 0 Å². The van der Waals surface area contributed by atoms with Gasteiger partial charge >= 0.3 is 0 Å². The molecule has 1 aliphatic rings. The van der Waals surface area contributed by atoms with E-state index in [-0.39, 0.29) is 0 Å². The molecule has 19 heavy (non-hydrogen) atoms. The summed E-state index contributed by atoms with van der Waals surface area (Å²) < 4.78 is 5.18. The van der Waals surface area contributed by atoms with Crippen molar-refractivity contribution in [3.63, 3.8) is 0 Å². The van der Waals surface area contributed by atoms with Gasteiger partial charge in [-0.15, -0.1) is 0 Å². The fourth-order valence-electron chi connectivity index (χ4n) is 2.96. The highest BCUT2D eigenvalue weighted by molar-refractivity contribution is 9.09. The van der Waals surface area contributed by atoms with Crippen molar-refractivity contribution in [1.82, 2.24) is 0 Å².